The Bertz CT molecular complexity index is 714. The molecule has 0 spiro atoms. The Morgan fingerprint density at radius 3 is 2.71 bits per heavy atom. The van der Waals surface area contributed by atoms with Crippen molar-refractivity contribution in [2.24, 2.45) is 5.92 Å². The van der Waals surface area contributed by atoms with Gasteiger partial charge in [-0.3, -0.25) is 4.79 Å². The van der Waals surface area contributed by atoms with Gasteiger partial charge in [0, 0.05) is 23.7 Å². The summed E-state index contributed by atoms with van der Waals surface area (Å²) in [5, 5.41) is 0. The lowest BCUT2D eigenvalue weighted by Crippen LogP contribution is -2.38. The fourth-order valence-electron chi connectivity index (χ4n) is 2.77. The highest BCUT2D eigenvalue weighted by Gasteiger charge is 2.22. The fraction of sp³-hybridized carbons (Fsp3) is 0.368. The van der Waals surface area contributed by atoms with Crippen LogP contribution in [0.2, 0.25) is 0 Å². The van der Waals surface area contributed by atoms with E-state index in [0.717, 1.165) is 31.6 Å². The summed E-state index contributed by atoms with van der Waals surface area (Å²) in [7, 11) is 0. The van der Waals surface area contributed by atoms with Crippen LogP contribution in [0.1, 0.15) is 35.9 Å². The maximum atomic E-state index is 13.7. The predicted octanol–water partition coefficient (Wildman–Crippen LogP) is 4.39. The number of hydrogen-bond donors (Lipinski definition) is 0. The Hall–Kier alpha value is -1.88. The first kappa shape index (κ1) is 17.0. The molecule has 2 heterocycles. The van der Waals surface area contributed by atoms with E-state index in [0.29, 0.717) is 22.3 Å². The molecule has 1 aromatic carbocycles. The van der Waals surface area contributed by atoms with Gasteiger partial charge in [-0.2, -0.15) is 0 Å². The molecular formula is C19H21FN2OS. The minimum Gasteiger partial charge on any atom is -0.337 e. The van der Waals surface area contributed by atoms with Crippen LogP contribution >= 0.6 is 11.8 Å². The molecule has 2 aromatic rings. The van der Waals surface area contributed by atoms with Crippen LogP contribution in [0.5, 0.6) is 0 Å². The topological polar surface area (TPSA) is 33.2 Å². The Morgan fingerprint density at radius 1 is 1.21 bits per heavy atom. The third-order valence-electron chi connectivity index (χ3n) is 4.31. The van der Waals surface area contributed by atoms with Crippen molar-refractivity contribution in [3.8, 4) is 0 Å². The quantitative estimate of drug-likeness (QED) is 0.772. The third kappa shape index (κ3) is 4.15. The molecule has 1 aliphatic rings. The summed E-state index contributed by atoms with van der Waals surface area (Å²) in [5.41, 5.74) is 1.27. The van der Waals surface area contributed by atoms with Crippen molar-refractivity contribution in [2.45, 2.75) is 30.4 Å². The van der Waals surface area contributed by atoms with E-state index in [-0.39, 0.29) is 11.7 Å². The van der Waals surface area contributed by atoms with Crippen molar-refractivity contribution in [1.29, 1.82) is 0 Å². The maximum Gasteiger partial charge on any atom is 0.272 e. The van der Waals surface area contributed by atoms with E-state index in [9.17, 15) is 9.18 Å². The molecule has 126 valence electrons. The van der Waals surface area contributed by atoms with Gasteiger partial charge in [-0.1, -0.05) is 25.1 Å². The van der Waals surface area contributed by atoms with Crippen LogP contribution in [0.4, 0.5) is 4.39 Å². The predicted molar refractivity (Wildman–Crippen MR) is 94.5 cm³/mol. The van der Waals surface area contributed by atoms with Crippen molar-refractivity contribution >= 4 is 17.7 Å². The molecule has 1 aromatic heterocycles. The van der Waals surface area contributed by atoms with Crippen molar-refractivity contribution in [2.75, 3.05) is 13.1 Å². The second kappa shape index (κ2) is 7.79. The summed E-state index contributed by atoms with van der Waals surface area (Å²) < 4.78 is 13.7. The molecule has 0 saturated carbocycles. The molecule has 0 N–H and O–H groups in total. The van der Waals surface area contributed by atoms with Crippen LogP contribution in [0.3, 0.4) is 0 Å². The van der Waals surface area contributed by atoms with Crippen LogP contribution < -0.4 is 0 Å². The second-order valence-corrected chi connectivity index (χ2v) is 7.23. The van der Waals surface area contributed by atoms with Gasteiger partial charge in [-0.05, 0) is 43.0 Å². The number of likely N-dealkylation sites (tertiary alicyclic amines) is 1. The average Bonchev–Trinajstić information content (AvgIpc) is 2.61. The standard InChI is InChI=1S/C19H21FN2OS/c1-14-9-11-22(12-10-14)19(23)17-7-4-5-15(21-17)13-24-18-8-3-2-6-16(18)20/h2-8,14H,9-13H2,1H3. The van der Waals surface area contributed by atoms with Crippen LogP contribution in [0, 0.1) is 11.7 Å². The molecule has 0 radical (unpaired) electrons. The lowest BCUT2D eigenvalue weighted by atomic mass is 9.99. The van der Waals surface area contributed by atoms with E-state index in [1.54, 1.807) is 18.2 Å². The summed E-state index contributed by atoms with van der Waals surface area (Å²) in [4.78, 5) is 19.5. The van der Waals surface area contributed by atoms with Crippen molar-refractivity contribution < 1.29 is 9.18 Å². The fourth-order valence-corrected chi connectivity index (χ4v) is 3.61. The molecular weight excluding hydrogens is 323 g/mol. The van der Waals surface area contributed by atoms with Crippen molar-refractivity contribution in [1.82, 2.24) is 9.88 Å². The van der Waals surface area contributed by atoms with Gasteiger partial charge >= 0.3 is 0 Å². The smallest absolute Gasteiger partial charge is 0.272 e. The number of hydrogen-bond acceptors (Lipinski definition) is 3. The first-order valence-electron chi connectivity index (χ1n) is 8.26. The SMILES string of the molecule is CC1CCN(C(=O)c2cccc(CSc3ccccc3F)n2)CC1. The van der Waals surface area contributed by atoms with Gasteiger partial charge in [0.25, 0.3) is 5.91 Å². The summed E-state index contributed by atoms with van der Waals surface area (Å²) >= 11 is 1.39. The molecule has 5 heteroatoms. The maximum absolute atomic E-state index is 13.7. The average molecular weight is 344 g/mol. The number of nitrogens with zero attached hydrogens (tertiary/aromatic N) is 2. The highest BCUT2D eigenvalue weighted by Crippen LogP contribution is 2.25. The first-order chi connectivity index (χ1) is 11.6. The van der Waals surface area contributed by atoms with Crippen LogP contribution in [-0.2, 0) is 5.75 Å². The Balaban J connectivity index is 1.65. The molecule has 3 nitrogen and oxygen atoms in total. The molecule has 3 rings (SSSR count). The summed E-state index contributed by atoms with van der Waals surface area (Å²) in [6, 6.07) is 12.2. The van der Waals surface area contributed by atoms with Gasteiger partial charge in [0.1, 0.15) is 11.5 Å². The third-order valence-corrected chi connectivity index (χ3v) is 5.39. The monoisotopic (exact) mass is 344 g/mol. The normalized spacial score (nSPS) is 15.5. The Kier molecular flexibility index (Phi) is 5.51. The second-order valence-electron chi connectivity index (χ2n) is 6.21. The van der Waals surface area contributed by atoms with E-state index in [4.69, 9.17) is 0 Å². The number of aromatic nitrogens is 1. The zero-order valence-corrected chi connectivity index (χ0v) is 14.6. The van der Waals surface area contributed by atoms with Gasteiger partial charge in [-0.15, -0.1) is 11.8 Å². The van der Waals surface area contributed by atoms with Gasteiger partial charge in [-0.25, -0.2) is 9.37 Å². The zero-order chi connectivity index (χ0) is 16.9. The molecule has 1 aliphatic heterocycles. The number of piperidine rings is 1. The van der Waals surface area contributed by atoms with Crippen molar-refractivity contribution in [3.63, 3.8) is 0 Å². The van der Waals surface area contributed by atoms with Gasteiger partial charge < -0.3 is 4.90 Å². The lowest BCUT2D eigenvalue weighted by molar-refractivity contribution is 0.0691. The van der Waals surface area contributed by atoms with Crippen molar-refractivity contribution in [3.05, 3.63) is 59.7 Å². The van der Waals surface area contributed by atoms with E-state index in [1.165, 1.54) is 17.8 Å². The highest BCUT2D eigenvalue weighted by atomic mass is 32.2. The minimum absolute atomic E-state index is 0.000332. The molecule has 0 bridgehead atoms. The number of halogens is 1. The number of carbonyl (C=O) groups excluding carboxylic acids is 1. The van der Waals surface area contributed by atoms with E-state index >= 15 is 0 Å². The minimum atomic E-state index is -0.225. The number of benzene rings is 1. The van der Waals surface area contributed by atoms with Crippen LogP contribution in [-0.4, -0.2) is 28.9 Å². The number of pyridine rings is 1. The van der Waals surface area contributed by atoms with Crippen LogP contribution in [0.25, 0.3) is 0 Å². The Labute approximate surface area is 146 Å². The highest BCUT2D eigenvalue weighted by molar-refractivity contribution is 7.98. The summed E-state index contributed by atoms with van der Waals surface area (Å²) in [6.45, 7) is 3.83. The zero-order valence-electron chi connectivity index (χ0n) is 13.7. The van der Waals surface area contributed by atoms with E-state index in [2.05, 4.69) is 11.9 Å². The number of carbonyl (C=O) groups is 1. The largest absolute Gasteiger partial charge is 0.337 e. The summed E-state index contributed by atoms with van der Waals surface area (Å²) in [6.07, 6.45) is 2.10. The first-order valence-corrected chi connectivity index (χ1v) is 9.24. The number of amides is 1. The molecule has 1 amide bonds. The van der Waals surface area contributed by atoms with Gasteiger partial charge in [0.15, 0.2) is 0 Å². The molecule has 0 atom stereocenters. The Morgan fingerprint density at radius 2 is 1.96 bits per heavy atom. The molecule has 24 heavy (non-hydrogen) atoms. The number of rotatable bonds is 4. The molecule has 0 aliphatic carbocycles. The summed E-state index contributed by atoms with van der Waals surface area (Å²) in [5.74, 6) is 1.00. The lowest BCUT2D eigenvalue weighted by Gasteiger charge is -2.30. The number of thioether (sulfide) groups is 1. The molecule has 1 saturated heterocycles. The van der Waals surface area contributed by atoms with Gasteiger partial charge in [0.05, 0.1) is 5.69 Å². The molecule has 1 fully saturated rings. The van der Waals surface area contributed by atoms with Gasteiger partial charge in [0.2, 0.25) is 0 Å². The van der Waals surface area contributed by atoms with E-state index < -0.39 is 0 Å². The molecule has 0 unspecified atom stereocenters. The van der Waals surface area contributed by atoms with Crippen LogP contribution in [0.15, 0.2) is 47.4 Å². The van der Waals surface area contributed by atoms with E-state index in [1.807, 2.05) is 23.1 Å².